The van der Waals surface area contributed by atoms with Crippen molar-refractivity contribution in [1.29, 1.82) is 0 Å². The van der Waals surface area contributed by atoms with Gasteiger partial charge in [-0.1, -0.05) is 0 Å². The quantitative estimate of drug-likeness (QED) is 0.660. The van der Waals surface area contributed by atoms with Gasteiger partial charge in [-0.15, -0.1) is 0 Å². The smallest absolute Gasteiger partial charge is 0.230 e. The second kappa shape index (κ2) is 2.96. The maximum absolute atomic E-state index is 12.5. The van der Waals surface area contributed by atoms with Crippen molar-refractivity contribution in [3.05, 3.63) is 22.6 Å². The fourth-order valence-electron chi connectivity index (χ4n) is 0.472. The Kier molecular flexibility index (Phi) is 1.27. The van der Waals surface area contributed by atoms with Crippen LogP contribution in [0.2, 0.25) is 0 Å². The molecule has 4 heteroatoms. The fraction of sp³-hybridized carbons (Fsp3) is 0.167. The zero-order chi connectivity index (χ0) is 10.1. The van der Waals surface area contributed by atoms with E-state index in [4.69, 9.17) is 4.11 Å². The lowest BCUT2D eigenvalue weighted by atomic mass is 10.5. The summed E-state index contributed by atoms with van der Waals surface area (Å²) in [6.45, 7) is 0. The van der Waals surface area contributed by atoms with Gasteiger partial charge in [0.15, 0.2) is 0 Å². The van der Waals surface area contributed by atoms with E-state index in [2.05, 4.69) is 25.7 Å². The normalized spacial score (nSPS) is 15.2. The summed E-state index contributed by atoms with van der Waals surface area (Å²) in [6.07, 6.45) is 0. The van der Waals surface area contributed by atoms with Crippen LogP contribution in [0.15, 0.2) is 16.6 Å². The van der Waals surface area contributed by atoms with Gasteiger partial charge in [-0.25, -0.2) is 0 Å². The maximum Gasteiger partial charge on any atom is 0.230 e. The van der Waals surface area contributed by atoms with Crippen molar-refractivity contribution in [3.63, 3.8) is 0 Å². The van der Waals surface area contributed by atoms with Crippen LogP contribution in [-0.2, 0) is 0 Å². The summed E-state index contributed by atoms with van der Waals surface area (Å²) in [5.41, 5.74) is 0. The lowest BCUT2D eigenvalue weighted by Gasteiger charge is -1.99. The Bertz CT molecular complexity index is 317. The molecule has 0 fully saturated rings. The highest BCUT2D eigenvalue weighted by molar-refractivity contribution is 9.10. The second-order valence-electron chi connectivity index (χ2n) is 1.52. The Morgan fingerprint density at radius 2 is 2.60 bits per heavy atom. The standard InChI is InChI=1S/C6H5BrFNO/c1-10-6-4(7)2-3-5(8)9-6/h2-3H,1H3/i1D3. The van der Waals surface area contributed by atoms with Gasteiger partial charge in [-0.05, 0) is 28.1 Å². The van der Waals surface area contributed by atoms with Gasteiger partial charge >= 0.3 is 0 Å². The van der Waals surface area contributed by atoms with Crippen LogP contribution in [-0.4, -0.2) is 12.0 Å². The number of aromatic nitrogens is 1. The molecule has 0 aliphatic carbocycles. The van der Waals surface area contributed by atoms with Gasteiger partial charge in [-0.3, -0.25) is 0 Å². The third kappa shape index (κ3) is 1.44. The summed E-state index contributed by atoms with van der Waals surface area (Å²) in [4.78, 5) is 3.26. The third-order valence-corrected chi connectivity index (χ3v) is 1.48. The molecule has 0 atom stereocenters. The SMILES string of the molecule is [2H]C([2H])([2H])Oc1nc(F)ccc1Br. The molecule has 0 amide bonds. The summed E-state index contributed by atoms with van der Waals surface area (Å²) >= 11 is 2.98. The highest BCUT2D eigenvalue weighted by Gasteiger charge is 2.00. The monoisotopic (exact) mass is 208 g/mol. The predicted molar refractivity (Wildman–Crippen MR) is 38.4 cm³/mol. The van der Waals surface area contributed by atoms with Gasteiger partial charge in [0.25, 0.3) is 0 Å². The Morgan fingerprint density at radius 3 is 3.30 bits per heavy atom. The number of hydrogen-bond donors (Lipinski definition) is 0. The molecule has 10 heavy (non-hydrogen) atoms. The zero-order valence-electron chi connectivity index (χ0n) is 7.77. The number of ether oxygens (including phenoxy) is 1. The van der Waals surface area contributed by atoms with Gasteiger partial charge in [-0.2, -0.15) is 9.37 Å². The average molecular weight is 209 g/mol. The Hall–Kier alpha value is -0.640. The third-order valence-electron chi connectivity index (χ3n) is 0.877. The van der Waals surface area contributed by atoms with Crippen LogP contribution in [0.1, 0.15) is 4.11 Å². The van der Waals surface area contributed by atoms with E-state index in [0.29, 0.717) is 4.47 Å². The van der Waals surface area contributed by atoms with Crippen molar-refractivity contribution in [2.24, 2.45) is 0 Å². The van der Waals surface area contributed by atoms with Crippen LogP contribution in [0.25, 0.3) is 0 Å². The van der Waals surface area contributed by atoms with E-state index in [1.165, 1.54) is 6.07 Å². The van der Waals surface area contributed by atoms with Crippen LogP contribution in [0.3, 0.4) is 0 Å². The minimum absolute atomic E-state index is 0.278. The Labute approximate surface area is 70.4 Å². The van der Waals surface area contributed by atoms with Crippen molar-refractivity contribution in [2.45, 2.75) is 0 Å². The molecule has 0 N–H and O–H groups in total. The summed E-state index contributed by atoms with van der Waals surface area (Å²) in [5.74, 6) is -1.07. The van der Waals surface area contributed by atoms with E-state index in [1.54, 1.807) is 0 Å². The topological polar surface area (TPSA) is 22.1 Å². The second-order valence-corrected chi connectivity index (χ2v) is 2.38. The lowest BCUT2D eigenvalue weighted by molar-refractivity contribution is 0.384. The highest BCUT2D eigenvalue weighted by atomic mass is 79.9. The molecule has 0 unspecified atom stereocenters. The number of rotatable bonds is 1. The van der Waals surface area contributed by atoms with Gasteiger partial charge in [0.2, 0.25) is 11.8 Å². The van der Waals surface area contributed by atoms with E-state index < -0.39 is 13.0 Å². The number of pyridine rings is 1. The molecule has 1 aromatic heterocycles. The van der Waals surface area contributed by atoms with Gasteiger partial charge in [0, 0.05) is 0 Å². The molecule has 0 spiro atoms. The Morgan fingerprint density at radius 1 is 1.80 bits per heavy atom. The molecule has 0 aliphatic heterocycles. The molecule has 1 heterocycles. The molecule has 54 valence electrons. The van der Waals surface area contributed by atoms with Crippen molar-refractivity contribution < 1.29 is 13.2 Å². The van der Waals surface area contributed by atoms with E-state index >= 15 is 0 Å². The molecule has 0 saturated carbocycles. The first-order valence-electron chi connectivity index (χ1n) is 3.89. The van der Waals surface area contributed by atoms with Gasteiger partial charge < -0.3 is 4.74 Å². The van der Waals surface area contributed by atoms with Crippen LogP contribution in [0, 0.1) is 5.95 Å². The van der Waals surface area contributed by atoms with E-state index in [1.807, 2.05) is 0 Å². The van der Waals surface area contributed by atoms with Crippen molar-refractivity contribution >= 4 is 15.9 Å². The first-order chi connectivity index (χ1) is 5.88. The predicted octanol–water partition coefficient (Wildman–Crippen LogP) is 1.99. The summed E-state index contributed by atoms with van der Waals surface area (Å²) in [6, 6.07) is 2.42. The van der Waals surface area contributed by atoms with E-state index in [9.17, 15) is 4.39 Å². The molecule has 0 saturated heterocycles. The summed E-state index contributed by atoms with van der Waals surface area (Å²) in [5, 5.41) is 0. The number of methoxy groups -OCH3 is 1. The fourth-order valence-corrected chi connectivity index (χ4v) is 0.774. The first kappa shape index (κ1) is 4.28. The highest BCUT2D eigenvalue weighted by Crippen LogP contribution is 2.20. The molecule has 0 bridgehead atoms. The van der Waals surface area contributed by atoms with Crippen molar-refractivity contribution in [3.8, 4) is 5.88 Å². The van der Waals surface area contributed by atoms with Crippen LogP contribution >= 0.6 is 15.9 Å². The molecular weight excluding hydrogens is 201 g/mol. The number of nitrogens with zero attached hydrogens (tertiary/aromatic N) is 1. The van der Waals surface area contributed by atoms with Gasteiger partial charge in [0.05, 0.1) is 15.6 Å². The van der Waals surface area contributed by atoms with Crippen molar-refractivity contribution in [1.82, 2.24) is 4.98 Å². The molecule has 2 nitrogen and oxygen atoms in total. The number of hydrogen-bond acceptors (Lipinski definition) is 2. The minimum atomic E-state index is -2.62. The van der Waals surface area contributed by atoms with E-state index in [0.717, 1.165) is 6.07 Å². The maximum atomic E-state index is 12.5. The van der Waals surface area contributed by atoms with Crippen molar-refractivity contribution in [2.75, 3.05) is 7.04 Å². The minimum Gasteiger partial charge on any atom is -0.480 e. The number of halogens is 2. The van der Waals surface area contributed by atoms with Crippen LogP contribution in [0.4, 0.5) is 4.39 Å². The zero-order valence-corrected chi connectivity index (χ0v) is 6.35. The van der Waals surface area contributed by atoms with Crippen LogP contribution < -0.4 is 4.74 Å². The average Bonchev–Trinajstić information content (AvgIpc) is 1.94. The summed E-state index contributed by atoms with van der Waals surface area (Å²) in [7, 11) is -2.62. The lowest BCUT2D eigenvalue weighted by Crippen LogP contribution is -1.90. The summed E-state index contributed by atoms with van der Waals surface area (Å²) < 4.78 is 37.5. The molecule has 0 aliphatic rings. The molecule has 1 rings (SSSR count). The van der Waals surface area contributed by atoms with E-state index in [-0.39, 0.29) is 5.88 Å². The molecular formula is C6H5BrFNO. The molecule has 1 aromatic rings. The molecule has 0 radical (unpaired) electrons. The van der Waals surface area contributed by atoms with Crippen LogP contribution in [0.5, 0.6) is 5.88 Å². The largest absolute Gasteiger partial charge is 0.480 e. The van der Waals surface area contributed by atoms with Gasteiger partial charge in [0.1, 0.15) is 0 Å². The first-order valence-corrected chi connectivity index (χ1v) is 3.19. The Balaban J connectivity index is 2.94. The molecule has 0 aromatic carbocycles.